The maximum absolute atomic E-state index is 13.7. The van der Waals surface area contributed by atoms with Crippen molar-refractivity contribution >= 4 is 29.2 Å². The van der Waals surface area contributed by atoms with Gasteiger partial charge in [-0.25, -0.2) is 4.39 Å². The Balaban J connectivity index is 1.56. The van der Waals surface area contributed by atoms with Gasteiger partial charge in [0, 0.05) is 35.7 Å². The number of aromatic amines is 1. The molecular weight excluding hydrogens is 381 g/mol. The monoisotopic (exact) mass is 409 g/mol. The third kappa shape index (κ3) is 3.78. The second kappa shape index (κ2) is 8.09. The quantitative estimate of drug-likeness (QED) is 0.733. The third-order valence-corrected chi connectivity index (χ3v) is 6.56. The van der Waals surface area contributed by atoms with E-state index in [2.05, 4.69) is 17.2 Å². The van der Waals surface area contributed by atoms with E-state index in [0.29, 0.717) is 23.2 Å². The number of halogens is 1. The number of rotatable bonds is 4. The van der Waals surface area contributed by atoms with Crippen molar-refractivity contribution in [1.82, 2.24) is 9.88 Å². The first-order valence-electron chi connectivity index (χ1n) is 10.7. The molecule has 0 atom stereocenters. The van der Waals surface area contributed by atoms with E-state index in [1.807, 2.05) is 18.7 Å². The number of carbonyl (C=O) groups excluding carboxylic acids is 2. The Hall–Kier alpha value is -2.89. The highest BCUT2D eigenvalue weighted by molar-refractivity contribution is 6.34. The number of piperidine rings is 1. The number of fused-ring (bicyclic) bond motifs is 1. The maximum atomic E-state index is 13.7. The van der Waals surface area contributed by atoms with Crippen LogP contribution in [-0.4, -0.2) is 34.8 Å². The van der Waals surface area contributed by atoms with Gasteiger partial charge in [0.1, 0.15) is 5.82 Å². The molecule has 3 heterocycles. The minimum absolute atomic E-state index is 0.153. The van der Waals surface area contributed by atoms with E-state index in [0.717, 1.165) is 54.4 Å². The summed E-state index contributed by atoms with van der Waals surface area (Å²) in [5.74, 6) is 0.251. The van der Waals surface area contributed by atoms with Gasteiger partial charge in [-0.2, -0.15) is 0 Å². The van der Waals surface area contributed by atoms with Crippen LogP contribution in [0.5, 0.6) is 0 Å². The summed E-state index contributed by atoms with van der Waals surface area (Å²) in [7, 11) is 0. The fourth-order valence-electron chi connectivity index (χ4n) is 4.53. The highest BCUT2D eigenvalue weighted by atomic mass is 19.1. The molecule has 0 bridgehead atoms. The largest absolute Gasteiger partial charge is 0.359 e. The van der Waals surface area contributed by atoms with Crippen molar-refractivity contribution in [3.8, 4) is 0 Å². The Kier molecular flexibility index (Phi) is 5.50. The first kappa shape index (κ1) is 20.4. The number of aromatic nitrogens is 1. The van der Waals surface area contributed by atoms with Gasteiger partial charge in [-0.1, -0.05) is 13.3 Å². The molecule has 6 heteroatoms. The summed E-state index contributed by atoms with van der Waals surface area (Å²) in [5.41, 5.74) is 5.23. The average molecular weight is 410 g/mol. The van der Waals surface area contributed by atoms with Crippen LogP contribution in [0.2, 0.25) is 0 Å². The number of aryl methyl sites for hydroxylation is 1. The molecule has 2 N–H and O–H groups in total. The summed E-state index contributed by atoms with van der Waals surface area (Å²) in [6.45, 7) is 7.78. The van der Waals surface area contributed by atoms with Gasteiger partial charge >= 0.3 is 0 Å². The Morgan fingerprint density at radius 3 is 2.70 bits per heavy atom. The fourth-order valence-corrected chi connectivity index (χ4v) is 4.53. The molecule has 0 unspecified atom stereocenters. The number of anilines is 1. The molecule has 0 spiro atoms. The Labute approximate surface area is 176 Å². The molecule has 1 aromatic carbocycles. The van der Waals surface area contributed by atoms with Crippen LogP contribution < -0.4 is 5.32 Å². The topological polar surface area (TPSA) is 65.2 Å². The van der Waals surface area contributed by atoms with Gasteiger partial charge in [-0.05, 0) is 68.0 Å². The molecule has 1 aromatic heterocycles. The van der Waals surface area contributed by atoms with Gasteiger partial charge in [0.25, 0.3) is 5.91 Å². The highest BCUT2D eigenvalue weighted by Crippen LogP contribution is 2.34. The Morgan fingerprint density at radius 2 is 2.00 bits per heavy atom. The lowest BCUT2D eigenvalue weighted by atomic mass is 9.94. The minimum Gasteiger partial charge on any atom is -0.359 e. The lowest BCUT2D eigenvalue weighted by Gasteiger charge is -2.31. The molecule has 2 aromatic rings. The van der Waals surface area contributed by atoms with Crippen LogP contribution in [0.25, 0.3) is 11.6 Å². The summed E-state index contributed by atoms with van der Waals surface area (Å²) >= 11 is 0. The van der Waals surface area contributed by atoms with Gasteiger partial charge in [0.15, 0.2) is 0 Å². The van der Waals surface area contributed by atoms with Crippen molar-refractivity contribution < 1.29 is 14.0 Å². The predicted octanol–water partition coefficient (Wildman–Crippen LogP) is 4.45. The lowest BCUT2D eigenvalue weighted by Crippen LogP contribution is -2.39. The molecule has 158 valence electrons. The molecule has 0 radical (unpaired) electrons. The third-order valence-electron chi connectivity index (χ3n) is 6.56. The van der Waals surface area contributed by atoms with Crippen LogP contribution in [0, 0.1) is 25.6 Å². The molecule has 30 heavy (non-hydrogen) atoms. The summed E-state index contributed by atoms with van der Waals surface area (Å²) in [4.78, 5) is 30.6. The fraction of sp³-hybridized carbons (Fsp3) is 0.417. The number of likely N-dealkylation sites (tertiary alicyclic amines) is 1. The van der Waals surface area contributed by atoms with Crippen LogP contribution >= 0.6 is 0 Å². The van der Waals surface area contributed by atoms with Gasteiger partial charge in [-0.15, -0.1) is 0 Å². The molecule has 1 saturated heterocycles. The highest BCUT2D eigenvalue weighted by Gasteiger charge is 2.26. The second-order valence-electron chi connectivity index (χ2n) is 8.38. The number of H-pyrrole nitrogens is 1. The number of amides is 2. The van der Waals surface area contributed by atoms with Gasteiger partial charge in [0.05, 0.1) is 12.0 Å². The van der Waals surface area contributed by atoms with E-state index in [4.69, 9.17) is 0 Å². The molecule has 4 rings (SSSR count). The molecule has 0 aliphatic carbocycles. The first-order valence-corrected chi connectivity index (χ1v) is 10.7. The van der Waals surface area contributed by atoms with E-state index >= 15 is 0 Å². The summed E-state index contributed by atoms with van der Waals surface area (Å²) < 4.78 is 13.7. The molecule has 2 amide bonds. The van der Waals surface area contributed by atoms with Crippen molar-refractivity contribution in [1.29, 1.82) is 0 Å². The zero-order chi connectivity index (χ0) is 21.4. The van der Waals surface area contributed by atoms with Crippen molar-refractivity contribution in [2.24, 2.45) is 5.92 Å². The maximum Gasteiger partial charge on any atom is 0.256 e. The first-order chi connectivity index (χ1) is 14.4. The van der Waals surface area contributed by atoms with E-state index in [1.165, 1.54) is 18.6 Å². The zero-order valence-electron chi connectivity index (χ0n) is 17.8. The van der Waals surface area contributed by atoms with Gasteiger partial charge in [-0.3, -0.25) is 9.59 Å². The van der Waals surface area contributed by atoms with Crippen molar-refractivity contribution in [3.05, 3.63) is 52.1 Å². The molecule has 0 saturated carbocycles. The van der Waals surface area contributed by atoms with Crippen molar-refractivity contribution in [2.45, 2.75) is 46.5 Å². The number of benzene rings is 1. The van der Waals surface area contributed by atoms with Gasteiger partial charge < -0.3 is 15.2 Å². The van der Waals surface area contributed by atoms with E-state index in [-0.39, 0.29) is 17.6 Å². The number of hydrogen-bond acceptors (Lipinski definition) is 2. The van der Waals surface area contributed by atoms with E-state index in [1.54, 1.807) is 12.1 Å². The number of carbonyl (C=O) groups is 2. The van der Waals surface area contributed by atoms with Crippen LogP contribution in [0.1, 0.15) is 54.3 Å². The average Bonchev–Trinajstić information content (AvgIpc) is 3.18. The number of hydrogen-bond donors (Lipinski definition) is 2. The molecule has 2 aliphatic heterocycles. The normalized spacial score (nSPS) is 18.1. The minimum atomic E-state index is -0.381. The van der Waals surface area contributed by atoms with Crippen molar-refractivity contribution in [2.75, 3.05) is 18.4 Å². The van der Waals surface area contributed by atoms with Crippen LogP contribution in [0.4, 0.5) is 10.1 Å². The summed E-state index contributed by atoms with van der Waals surface area (Å²) in [6.07, 6.45) is 5.44. The Bertz CT molecular complexity index is 1030. The molecule has 2 aliphatic rings. The smallest absolute Gasteiger partial charge is 0.256 e. The summed E-state index contributed by atoms with van der Waals surface area (Å²) in [6, 6.07) is 4.27. The number of nitrogens with zero attached hydrogens (tertiary/aromatic N) is 1. The summed E-state index contributed by atoms with van der Waals surface area (Å²) in [5, 5.41) is 2.77. The van der Waals surface area contributed by atoms with Gasteiger partial charge in [0.2, 0.25) is 5.91 Å². The molecule has 5 nitrogen and oxygen atoms in total. The Morgan fingerprint density at radius 1 is 1.27 bits per heavy atom. The second-order valence-corrected chi connectivity index (χ2v) is 8.38. The van der Waals surface area contributed by atoms with Crippen LogP contribution in [0.15, 0.2) is 18.2 Å². The van der Waals surface area contributed by atoms with Crippen LogP contribution in [0.3, 0.4) is 0 Å². The zero-order valence-corrected chi connectivity index (χ0v) is 17.8. The lowest BCUT2D eigenvalue weighted by molar-refractivity contribution is -0.131. The predicted molar refractivity (Wildman–Crippen MR) is 116 cm³/mol. The molecular formula is C24H28FN3O2. The van der Waals surface area contributed by atoms with E-state index < -0.39 is 0 Å². The van der Waals surface area contributed by atoms with Crippen LogP contribution in [-0.2, 0) is 16.0 Å². The number of nitrogens with one attached hydrogen (secondary N) is 2. The standard InChI is InChI=1S/C24H28FN3O2/c1-4-16-7-9-28(10-8-16)23(29)13-18-14(2)22(26-15(18)3)12-20-19-11-17(25)5-6-21(19)27-24(20)30/h5-6,11-12,16,26H,4,7-10,13H2,1-3H3,(H,27,30)/b20-12-. The van der Waals surface area contributed by atoms with Crippen molar-refractivity contribution in [3.63, 3.8) is 0 Å². The SMILES string of the molecule is CCC1CCN(C(=O)Cc2c(C)[nH]c(/C=C3\C(=O)Nc4ccc(F)cc43)c2C)CC1. The van der Waals surface area contributed by atoms with E-state index in [9.17, 15) is 14.0 Å². The molecule has 1 fully saturated rings.